The molecule has 6 heteroatoms. The van der Waals surface area contributed by atoms with Crippen LogP contribution in [0.15, 0.2) is 68.5 Å². The van der Waals surface area contributed by atoms with E-state index in [1.807, 2.05) is 36.4 Å². The molecule has 0 radical (unpaired) electrons. The third-order valence-electron chi connectivity index (χ3n) is 3.83. The number of nitrogens with zero attached hydrogens (tertiary/aromatic N) is 1. The van der Waals surface area contributed by atoms with E-state index < -0.39 is 0 Å². The van der Waals surface area contributed by atoms with Crippen molar-refractivity contribution in [2.45, 2.75) is 0 Å². The molecule has 3 rings (SSSR count). The number of halogens is 2. The predicted molar refractivity (Wildman–Crippen MR) is 111 cm³/mol. The number of ether oxygens (including phenoxy) is 1. The molecule has 0 saturated heterocycles. The summed E-state index contributed by atoms with van der Waals surface area (Å²) in [7, 11) is 1.48. The van der Waals surface area contributed by atoms with Crippen molar-refractivity contribution in [3.05, 3.63) is 69.1 Å². The van der Waals surface area contributed by atoms with Crippen LogP contribution in [0.5, 0.6) is 17.2 Å². The topological polar surface area (TPSA) is 62.0 Å². The van der Waals surface area contributed by atoms with Crippen LogP contribution in [0.4, 0.5) is 5.69 Å². The molecule has 132 valence electrons. The van der Waals surface area contributed by atoms with Crippen molar-refractivity contribution >= 4 is 43.8 Å². The van der Waals surface area contributed by atoms with Gasteiger partial charge in [-0.1, -0.05) is 36.4 Å². The number of hydrogen-bond acceptors (Lipinski definition) is 4. The van der Waals surface area contributed by atoms with E-state index in [1.165, 1.54) is 13.3 Å². The first-order valence-corrected chi connectivity index (χ1v) is 9.27. The molecular formula is C20H15Br2NO3. The zero-order valence-corrected chi connectivity index (χ0v) is 17.0. The van der Waals surface area contributed by atoms with E-state index in [1.54, 1.807) is 18.2 Å². The fourth-order valence-corrected chi connectivity index (χ4v) is 3.28. The van der Waals surface area contributed by atoms with Gasteiger partial charge in [0.05, 0.1) is 12.7 Å². The third-order valence-corrected chi connectivity index (χ3v) is 5.84. The lowest BCUT2D eigenvalue weighted by atomic mass is 10.0. The number of phenols is 2. The Morgan fingerprint density at radius 1 is 0.962 bits per heavy atom. The molecule has 3 aromatic carbocycles. The summed E-state index contributed by atoms with van der Waals surface area (Å²) in [5.74, 6) is 0.340. The Kier molecular flexibility index (Phi) is 5.64. The first kappa shape index (κ1) is 18.5. The Balaban J connectivity index is 2.03. The molecule has 3 aromatic rings. The first-order chi connectivity index (χ1) is 12.5. The van der Waals surface area contributed by atoms with E-state index in [0.29, 0.717) is 21.5 Å². The minimum atomic E-state index is -0.0370. The molecule has 0 amide bonds. The maximum atomic E-state index is 10.3. The van der Waals surface area contributed by atoms with Gasteiger partial charge in [0.1, 0.15) is 11.4 Å². The van der Waals surface area contributed by atoms with Crippen LogP contribution in [0.2, 0.25) is 0 Å². The van der Waals surface area contributed by atoms with Crippen LogP contribution in [0.1, 0.15) is 5.56 Å². The second-order valence-electron chi connectivity index (χ2n) is 5.46. The summed E-state index contributed by atoms with van der Waals surface area (Å²) in [4.78, 5) is 4.36. The van der Waals surface area contributed by atoms with Gasteiger partial charge in [-0.05, 0) is 61.2 Å². The molecular weight excluding hydrogens is 462 g/mol. The Hall–Kier alpha value is -2.31. The fourth-order valence-electron chi connectivity index (χ4n) is 2.46. The van der Waals surface area contributed by atoms with Gasteiger partial charge in [-0.3, -0.25) is 4.99 Å². The van der Waals surface area contributed by atoms with Gasteiger partial charge in [0, 0.05) is 15.2 Å². The Morgan fingerprint density at radius 2 is 1.69 bits per heavy atom. The molecule has 0 aliphatic carbocycles. The quantitative estimate of drug-likeness (QED) is 0.450. The summed E-state index contributed by atoms with van der Waals surface area (Å²) in [6.45, 7) is 0. The number of aliphatic imine (C=N–C) groups is 1. The number of aromatic hydroxyl groups is 2. The Labute approximate surface area is 168 Å². The fraction of sp³-hybridized carbons (Fsp3) is 0.0500. The lowest BCUT2D eigenvalue weighted by Gasteiger charge is -2.10. The molecule has 26 heavy (non-hydrogen) atoms. The maximum absolute atomic E-state index is 10.3. The van der Waals surface area contributed by atoms with E-state index in [-0.39, 0.29) is 11.5 Å². The molecule has 0 unspecified atom stereocenters. The molecule has 0 fully saturated rings. The third kappa shape index (κ3) is 3.76. The van der Waals surface area contributed by atoms with Gasteiger partial charge in [0.25, 0.3) is 0 Å². The number of methoxy groups -OCH3 is 1. The van der Waals surface area contributed by atoms with Crippen LogP contribution in [0.25, 0.3) is 11.1 Å². The second kappa shape index (κ2) is 7.93. The van der Waals surface area contributed by atoms with Crippen molar-refractivity contribution in [1.29, 1.82) is 0 Å². The van der Waals surface area contributed by atoms with Gasteiger partial charge in [-0.15, -0.1) is 0 Å². The lowest BCUT2D eigenvalue weighted by Crippen LogP contribution is -1.92. The zero-order chi connectivity index (χ0) is 18.7. The Bertz CT molecular complexity index is 973. The molecule has 0 atom stereocenters. The average molecular weight is 477 g/mol. The van der Waals surface area contributed by atoms with Crippen LogP contribution in [0.3, 0.4) is 0 Å². The molecule has 0 spiro atoms. The first-order valence-electron chi connectivity index (χ1n) is 7.68. The summed E-state index contributed by atoms with van der Waals surface area (Å²) >= 11 is 6.83. The minimum Gasteiger partial charge on any atom is -0.506 e. The highest BCUT2D eigenvalue weighted by molar-refractivity contribution is 9.13. The summed E-state index contributed by atoms with van der Waals surface area (Å²) < 4.78 is 6.52. The van der Waals surface area contributed by atoms with E-state index in [2.05, 4.69) is 36.9 Å². The Morgan fingerprint density at radius 3 is 2.38 bits per heavy atom. The van der Waals surface area contributed by atoms with Crippen molar-refractivity contribution in [3.8, 4) is 28.4 Å². The number of hydrogen-bond donors (Lipinski definition) is 2. The standard InChI is InChI=1S/C20H15Br2NO3/c1-26-18-10-15(21)19(22)14(20(18)25)11-23-16-9-13(7-8-17(16)24)12-5-3-2-4-6-12/h2-11,24-25H,1H3. The van der Waals surface area contributed by atoms with Crippen molar-refractivity contribution in [3.63, 3.8) is 0 Å². The smallest absolute Gasteiger partial charge is 0.167 e. The molecule has 4 nitrogen and oxygen atoms in total. The van der Waals surface area contributed by atoms with Gasteiger partial charge in [-0.2, -0.15) is 0 Å². The number of phenolic OH excluding ortho intramolecular Hbond substituents is 2. The zero-order valence-electron chi connectivity index (χ0n) is 13.8. The highest BCUT2D eigenvalue weighted by Crippen LogP contribution is 2.40. The van der Waals surface area contributed by atoms with E-state index in [4.69, 9.17) is 4.74 Å². The van der Waals surface area contributed by atoms with Crippen molar-refractivity contribution in [1.82, 2.24) is 0 Å². The van der Waals surface area contributed by atoms with Crippen molar-refractivity contribution < 1.29 is 14.9 Å². The van der Waals surface area contributed by atoms with Gasteiger partial charge in [-0.25, -0.2) is 0 Å². The summed E-state index contributed by atoms with van der Waals surface area (Å²) in [5.41, 5.74) is 2.81. The largest absolute Gasteiger partial charge is 0.506 e. The van der Waals surface area contributed by atoms with Gasteiger partial charge in [0.15, 0.2) is 11.5 Å². The monoisotopic (exact) mass is 475 g/mol. The van der Waals surface area contributed by atoms with Gasteiger partial charge in [0.2, 0.25) is 0 Å². The average Bonchev–Trinajstić information content (AvgIpc) is 2.66. The van der Waals surface area contributed by atoms with Gasteiger partial charge < -0.3 is 14.9 Å². The predicted octanol–water partition coefficient (Wildman–Crippen LogP) is 6.05. The van der Waals surface area contributed by atoms with Gasteiger partial charge >= 0.3 is 0 Å². The van der Waals surface area contributed by atoms with Crippen LogP contribution in [-0.2, 0) is 0 Å². The van der Waals surface area contributed by atoms with Crippen LogP contribution in [-0.4, -0.2) is 23.5 Å². The van der Waals surface area contributed by atoms with E-state index in [0.717, 1.165) is 15.6 Å². The summed E-state index contributed by atoms with van der Waals surface area (Å²) in [6.07, 6.45) is 1.48. The maximum Gasteiger partial charge on any atom is 0.167 e. The van der Waals surface area contributed by atoms with Crippen molar-refractivity contribution in [2.75, 3.05) is 7.11 Å². The molecule has 0 heterocycles. The summed E-state index contributed by atoms with van der Waals surface area (Å²) in [5, 5.41) is 20.5. The molecule has 0 aliphatic heterocycles. The van der Waals surface area contributed by atoms with E-state index >= 15 is 0 Å². The minimum absolute atomic E-state index is 0.0370. The summed E-state index contributed by atoms with van der Waals surface area (Å²) in [6, 6.07) is 16.7. The number of benzene rings is 3. The molecule has 0 saturated carbocycles. The molecule has 0 bridgehead atoms. The molecule has 0 aromatic heterocycles. The second-order valence-corrected chi connectivity index (χ2v) is 7.11. The van der Waals surface area contributed by atoms with Crippen LogP contribution >= 0.6 is 31.9 Å². The SMILES string of the molecule is COc1cc(Br)c(Br)c(C=Nc2cc(-c3ccccc3)ccc2O)c1O. The molecule has 2 N–H and O–H groups in total. The highest BCUT2D eigenvalue weighted by Gasteiger charge is 2.14. The highest BCUT2D eigenvalue weighted by atomic mass is 79.9. The van der Waals surface area contributed by atoms with Crippen LogP contribution < -0.4 is 4.74 Å². The lowest BCUT2D eigenvalue weighted by molar-refractivity contribution is 0.372. The van der Waals surface area contributed by atoms with Crippen LogP contribution in [0, 0.1) is 0 Å². The van der Waals surface area contributed by atoms with Crippen molar-refractivity contribution in [2.24, 2.45) is 4.99 Å². The molecule has 0 aliphatic rings. The van der Waals surface area contributed by atoms with E-state index in [9.17, 15) is 10.2 Å². The normalized spacial score (nSPS) is 11.0. The number of rotatable bonds is 4.